The highest BCUT2D eigenvalue weighted by molar-refractivity contribution is 5.85. The molecule has 0 aliphatic heterocycles. The molecule has 1 unspecified atom stereocenters. The number of imidazole rings is 1. The summed E-state index contributed by atoms with van der Waals surface area (Å²) in [7, 11) is 0. The number of ether oxygens (including phenoxy) is 1. The number of hydrogen-bond donors (Lipinski definition) is 1. The normalized spacial score (nSPS) is 11.8. The molecule has 0 radical (unpaired) electrons. The van der Waals surface area contributed by atoms with Gasteiger partial charge >= 0.3 is 0 Å². The third-order valence-electron chi connectivity index (χ3n) is 4.76. The first-order chi connectivity index (χ1) is 13.7. The molecular formula is C24H25ClN2O2. The Balaban J connectivity index is 0.00000240. The molecule has 0 amide bonds. The van der Waals surface area contributed by atoms with Crippen molar-refractivity contribution < 1.29 is 9.84 Å². The number of halogens is 1. The molecule has 150 valence electrons. The molecular weight excluding hydrogens is 384 g/mol. The number of rotatable bonds is 7. The number of aryl methyl sites for hydroxylation is 1. The van der Waals surface area contributed by atoms with E-state index < -0.39 is 6.10 Å². The first-order valence-electron chi connectivity index (χ1n) is 9.54. The van der Waals surface area contributed by atoms with Crippen LogP contribution in [0.4, 0.5) is 0 Å². The van der Waals surface area contributed by atoms with Gasteiger partial charge in [-0.1, -0.05) is 54.6 Å². The van der Waals surface area contributed by atoms with Gasteiger partial charge < -0.3 is 14.4 Å². The van der Waals surface area contributed by atoms with E-state index in [4.69, 9.17) is 9.72 Å². The summed E-state index contributed by atoms with van der Waals surface area (Å²) >= 11 is 0. The fourth-order valence-electron chi connectivity index (χ4n) is 3.40. The summed E-state index contributed by atoms with van der Waals surface area (Å²) in [6.07, 6.45) is 0.0914. The van der Waals surface area contributed by atoms with E-state index in [1.165, 1.54) is 5.56 Å². The van der Waals surface area contributed by atoms with Crippen molar-refractivity contribution in [2.75, 3.05) is 6.61 Å². The monoisotopic (exact) mass is 408 g/mol. The van der Waals surface area contributed by atoms with Crippen LogP contribution < -0.4 is 4.74 Å². The van der Waals surface area contributed by atoms with Crippen LogP contribution in [0.2, 0.25) is 0 Å². The minimum atomic E-state index is -0.632. The lowest BCUT2D eigenvalue weighted by atomic mass is 10.1. The summed E-state index contributed by atoms with van der Waals surface area (Å²) in [6, 6.07) is 26.2. The fraction of sp³-hybridized carbons (Fsp3) is 0.208. The first kappa shape index (κ1) is 20.9. The molecule has 4 aromatic rings. The molecule has 0 fully saturated rings. The van der Waals surface area contributed by atoms with Crippen LogP contribution >= 0.6 is 12.4 Å². The molecule has 4 nitrogen and oxygen atoms in total. The van der Waals surface area contributed by atoms with Gasteiger partial charge in [-0.25, -0.2) is 4.98 Å². The molecule has 1 N–H and O–H groups in total. The highest BCUT2D eigenvalue weighted by Crippen LogP contribution is 2.20. The topological polar surface area (TPSA) is 47.3 Å². The Morgan fingerprint density at radius 3 is 2.52 bits per heavy atom. The predicted octanol–water partition coefficient (Wildman–Crippen LogP) is 4.80. The minimum absolute atomic E-state index is 0. The van der Waals surface area contributed by atoms with E-state index in [-0.39, 0.29) is 19.0 Å². The number of nitrogens with zero attached hydrogens (tertiary/aromatic N) is 2. The average molecular weight is 409 g/mol. The van der Waals surface area contributed by atoms with E-state index >= 15 is 0 Å². The Morgan fingerprint density at radius 2 is 1.72 bits per heavy atom. The standard InChI is InChI=1S/C24H24N2O2.ClH/c1-18-8-7-11-21(14-18)28-17-20(27)16-26-23-13-6-5-12-22(23)25-24(26)15-19-9-3-2-4-10-19;/h2-14,20,27H,15-17H2,1H3;1H. The number of aliphatic hydroxyl groups excluding tert-OH is 1. The quantitative estimate of drug-likeness (QED) is 0.478. The minimum Gasteiger partial charge on any atom is -0.491 e. The van der Waals surface area contributed by atoms with E-state index in [0.717, 1.165) is 34.6 Å². The van der Waals surface area contributed by atoms with Gasteiger partial charge in [0.2, 0.25) is 0 Å². The smallest absolute Gasteiger partial charge is 0.119 e. The highest BCUT2D eigenvalue weighted by atomic mass is 35.5. The molecule has 0 aliphatic carbocycles. The number of aliphatic hydroxyl groups is 1. The molecule has 0 spiro atoms. The number of fused-ring (bicyclic) bond motifs is 1. The fourth-order valence-corrected chi connectivity index (χ4v) is 3.40. The maximum absolute atomic E-state index is 10.6. The molecule has 1 atom stereocenters. The van der Waals surface area contributed by atoms with Gasteiger partial charge in [0, 0.05) is 6.42 Å². The summed E-state index contributed by atoms with van der Waals surface area (Å²) in [5.41, 5.74) is 4.31. The SMILES string of the molecule is Cc1cccc(OCC(O)Cn2c(Cc3ccccc3)nc3ccccc32)c1.Cl. The largest absolute Gasteiger partial charge is 0.491 e. The molecule has 0 bridgehead atoms. The zero-order valence-electron chi connectivity index (χ0n) is 16.4. The van der Waals surface area contributed by atoms with E-state index in [2.05, 4.69) is 16.7 Å². The van der Waals surface area contributed by atoms with Gasteiger partial charge in [0.05, 0.1) is 17.6 Å². The van der Waals surface area contributed by atoms with Crippen molar-refractivity contribution in [2.24, 2.45) is 0 Å². The average Bonchev–Trinajstić information content (AvgIpc) is 3.04. The van der Waals surface area contributed by atoms with Crippen molar-refractivity contribution >= 4 is 23.4 Å². The van der Waals surface area contributed by atoms with Crippen molar-refractivity contribution in [1.82, 2.24) is 9.55 Å². The first-order valence-corrected chi connectivity index (χ1v) is 9.54. The third kappa shape index (κ3) is 5.17. The third-order valence-corrected chi connectivity index (χ3v) is 4.76. The van der Waals surface area contributed by atoms with Gasteiger partial charge in [-0.15, -0.1) is 12.4 Å². The number of aromatic nitrogens is 2. The molecule has 1 aromatic heterocycles. The number of benzene rings is 3. The van der Waals surface area contributed by atoms with E-state index in [1.807, 2.05) is 73.7 Å². The maximum atomic E-state index is 10.6. The summed E-state index contributed by atoms with van der Waals surface area (Å²) in [5, 5.41) is 10.6. The maximum Gasteiger partial charge on any atom is 0.119 e. The second kappa shape index (κ2) is 9.59. The van der Waals surface area contributed by atoms with Crippen molar-refractivity contribution in [2.45, 2.75) is 26.0 Å². The molecule has 5 heteroatoms. The number of para-hydroxylation sites is 2. The summed E-state index contributed by atoms with van der Waals surface area (Å²) in [4.78, 5) is 4.80. The van der Waals surface area contributed by atoms with Crippen molar-refractivity contribution in [3.8, 4) is 5.75 Å². The van der Waals surface area contributed by atoms with Gasteiger partial charge in [-0.2, -0.15) is 0 Å². The Labute approximate surface area is 177 Å². The second-order valence-corrected chi connectivity index (χ2v) is 7.07. The second-order valence-electron chi connectivity index (χ2n) is 7.07. The zero-order valence-corrected chi connectivity index (χ0v) is 17.2. The molecule has 0 aliphatic rings. The van der Waals surface area contributed by atoms with Crippen LogP contribution in [0, 0.1) is 6.92 Å². The molecule has 0 saturated carbocycles. The van der Waals surface area contributed by atoms with Crippen molar-refractivity contribution in [3.05, 3.63) is 95.8 Å². The highest BCUT2D eigenvalue weighted by Gasteiger charge is 2.15. The van der Waals surface area contributed by atoms with E-state index in [0.29, 0.717) is 6.54 Å². The lowest BCUT2D eigenvalue weighted by Crippen LogP contribution is -2.24. The lowest BCUT2D eigenvalue weighted by Gasteiger charge is -2.16. The Hall–Kier alpha value is -2.82. The Kier molecular flexibility index (Phi) is 6.91. The van der Waals surface area contributed by atoms with Gasteiger partial charge in [0.15, 0.2) is 0 Å². The van der Waals surface area contributed by atoms with Crippen molar-refractivity contribution in [3.63, 3.8) is 0 Å². The molecule has 3 aromatic carbocycles. The molecule has 0 saturated heterocycles. The van der Waals surface area contributed by atoms with E-state index in [9.17, 15) is 5.11 Å². The van der Waals surface area contributed by atoms with Gasteiger partial charge in [0.25, 0.3) is 0 Å². The van der Waals surface area contributed by atoms with Crippen LogP contribution in [-0.4, -0.2) is 27.4 Å². The van der Waals surface area contributed by atoms with Crippen LogP contribution in [0.5, 0.6) is 5.75 Å². The van der Waals surface area contributed by atoms with Crippen LogP contribution in [-0.2, 0) is 13.0 Å². The van der Waals surface area contributed by atoms with E-state index in [1.54, 1.807) is 0 Å². The van der Waals surface area contributed by atoms with Crippen LogP contribution in [0.1, 0.15) is 17.0 Å². The van der Waals surface area contributed by atoms with Gasteiger partial charge in [-0.3, -0.25) is 0 Å². The van der Waals surface area contributed by atoms with Crippen molar-refractivity contribution in [1.29, 1.82) is 0 Å². The molecule has 4 rings (SSSR count). The van der Waals surface area contributed by atoms with Crippen LogP contribution in [0.3, 0.4) is 0 Å². The lowest BCUT2D eigenvalue weighted by molar-refractivity contribution is 0.0928. The zero-order chi connectivity index (χ0) is 19.3. The Morgan fingerprint density at radius 1 is 0.966 bits per heavy atom. The molecule has 1 heterocycles. The van der Waals surface area contributed by atoms with Crippen LogP contribution in [0.15, 0.2) is 78.9 Å². The van der Waals surface area contributed by atoms with Gasteiger partial charge in [0.1, 0.15) is 24.3 Å². The van der Waals surface area contributed by atoms with Crippen LogP contribution in [0.25, 0.3) is 11.0 Å². The molecule has 29 heavy (non-hydrogen) atoms. The van der Waals surface area contributed by atoms with Gasteiger partial charge in [-0.05, 0) is 42.3 Å². The summed E-state index contributed by atoms with van der Waals surface area (Å²) < 4.78 is 7.89. The number of hydrogen-bond acceptors (Lipinski definition) is 3. The summed E-state index contributed by atoms with van der Waals surface area (Å²) in [6.45, 7) is 2.70. The summed E-state index contributed by atoms with van der Waals surface area (Å²) in [5.74, 6) is 1.72. The predicted molar refractivity (Wildman–Crippen MR) is 119 cm³/mol. The Bertz CT molecular complexity index is 1060.